The smallest absolute Gasteiger partial charge is 0.295 e. The van der Waals surface area contributed by atoms with E-state index in [1.807, 2.05) is 26.0 Å². The molecule has 2 amide bonds. The van der Waals surface area contributed by atoms with Crippen LogP contribution < -0.4 is 15.6 Å². The first-order valence-electron chi connectivity index (χ1n) is 7.08. The number of anilines is 1. The van der Waals surface area contributed by atoms with E-state index in [9.17, 15) is 9.59 Å². The summed E-state index contributed by atoms with van der Waals surface area (Å²) >= 11 is 0. The van der Waals surface area contributed by atoms with Crippen molar-refractivity contribution < 1.29 is 14.5 Å². The van der Waals surface area contributed by atoms with Crippen LogP contribution >= 0.6 is 0 Å². The lowest BCUT2D eigenvalue weighted by molar-refractivity contribution is -0.888. The summed E-state index contributed by atoms with van der Waals surface area (Å²) in [4.78, 5) is 23.7. The summed E-state index contributed by atoms with van der Waals surface area (Å²) in [5, 5.41) is 6.61. The molecule has 0 spiro atoms. The van der Waals surface area contributed by atoms with Crippen molar-refractivity contribution >= 4 is 23.7 Å². The molecule has 3 N–H and O–H groups in total. The molecule has 0 fully saturated rings. The van der Waals surface area contributed by atoms with Gasteiger partial charge in [-0.15, -0.1) is 0 Å². The van der Waals surface area contributed by atoms with Gasteiger partial charge in [0, 0.05) is 12.6 Å². The molecule has 114 valence electrons. The zero-order chi connectivity index (χ0) is 15.7. The van der Waals surface area contributed by atoms with Crippen LogP contribution in [0.15, 0.2) is 29.4 Å². The number of benzene rings is 1. The topological polar surface area (TPSA) is 75.0 Å². The molecule has 0 aliphatic carbocycles. The molecule has 6 heteroatoms. The summed E-state index contributed by atoms with van der Waals surface area (Å²) in [5.41, 5.74) is 4.09. The van der Waals surface area contributed by atoms with Gasteiger partial charge in [-0.25, -0.2) is 5.43 Å². The molecule has 6 nitrogen and oxygen atoms in total. The number of rotatable bonds is 7. The van der Waals surface area contributed by atoms with Gasteiger partial charge in [0.15, 0.2) is 6.54 Å². The highest BCUT2D eigenvalue weighted by atomic mass is 16.2. The molecule has 1 rings (SSSR count). The Kier molecular flexibility index (Phi) is 7.11. The number of nitrogens with zero attached hydrogens (tertiary/aromatic N) is 1. The van der Waals surface area contributed by atoms with Gasteiger partial charge in [0.25, 0.3) is 5.91 Å². The Labute approximate surface area is 125 Å². The first-order valence-corrected chi connectivity index (χ1v) is 7.08. The van der Waals surface area contributed by atoms with Crippen LogP contribution in [0.2, 0.25) is 0 Å². The number of carbonyl (C=O) groups excluding carboxylic acids is 2. The first-order chi connectivity index (χ1) is 10.0. The van der Waals surface area contributed by atoms with Gasteiger partial charge < -0.3 is 10.2 Å². The zero-order valence-corrected chi connectivity index (χ0v) is 12.8. The average Bonchev–Trinajstić information content (AvgIpc) is 2.46. The Morgan fingerprint density at radius 3 is 2.33 bits per heavy atom. The van der Waals surface area contributed by atoms with E-state index in [-0.39, 0.29) is 11.8 Å². The molecule has 0 bridgehead atoms. The Bertz CT molecular complexity index is 493. The van der Waals surface area contributed by atoms with Crippen molar-refractivity contribution in [3.05, 3.63) is 29.8 Å². The van der Waals surface area contributed by atoms with Gasteiger partial charge >= 0.3 is 0 Å². The largest absolute Gasteiger partial charge is 0.328 e. The monoisotopic (exact) mass is 291 g/mol. The number of hydrogen-bond donors (Lipinski definition) is 3. The number of nitrogens with one attached hydrogen (secondary N) is 3. The average molecular weight is 291 g/mol. The van der Waals surface area contributed by atoms with Crippen LogP contribution in [-0.2, 0) is 9.59 Å². The fourth-order valence-electron chi connectivity index (χ4n) is 1.80. The van der Waals surface area contributed by atoms with E-state index in [0.717, 1.165) is 24.3 Å². The molecule has 0 saturated heterocycles. The summed E-state index contributed by atoms with van der Waals surface area (Å²) in [6.45, 7) is 7.81. The van der Waals surface area contributed by atoms with Crippen LogP contribution in [0, 0.1) is 0 Å². The van der Waals surface area contributed by atoms with Crippen LogP contribution in [0.1, 0.15) is 26.3 Å². The minimum atomic E-state index is -0.109. The molecular formula is C15H23N4O2+. The minimum Gasteiger partial charge on any atom is -0.328 e. The molecule has 1 aromatic carbocycles. The molecule has 0 aromatic heterocycles. The van der Waals surface area contributed by atoms with Crippen LogP contribution in [0.25, 0.3) is 0 Å². The summed E-state index contributed by atoms with van der Waals surface area (Å²) in [5.74, 6) is -0.206. The fraction of sp³-hybridized carbons (Fsp3) is 0.400. The molecule has 21 heavy (non-hydrogen) atoms. The van der Waals surface area contributed by atoms with E-state index in [1.54, 1.807) is 18.3 Å². The molecule has 0 unspecified atom stereocenters. The van der Waals surface area contributed by atoms with Crippen LogP contribution in [0.3, 0.4) is 0 Å². The molecule has 0 aliphatic heterocycles. The number of likely N-dealkylation sites (N-methyl/N-ethyl adjacent to an activating group) is 1. The highest BCUT2D eigenvalue weighted by Crippen LogP contribution is 2.07. The molecule has 0 atom stereocenters. The van der Waals surface area contributed by atoms with Gasteiger partial charge in [-0.3, -0.25) is 9.59 Å². The lowest BCUT2D eigenvalue weighted by Crippen LogP contribution is -3.12. The lowest BCUT2D eigenvalue weighted by Gasteiger charge is -2.13. The van der Waals surface area contributed by atoms with Crippen molar-refractivity contribution in [2.75, 3.05) is 25.0 Å². The molecular weight excluding hydrogens is 268 g/mol. The van der Waals surface area contributed by atoms with Gasteiger partial charge in [-0.2, -0.15) is 5.10 Å². The van der Waals surface area contributed by atoms with Gasteiger partial charge in [0.2, 0.25) is 5.91 Å². The van der Waals surface area contributed by atoms with Crippen molar-refractivity contribution in [1.29, 1.82) is 0 Å². The van der Waals surface area contributed by atoms with E-state index in [0.29, 0.717) is 6.54 Å². The van der Waals surface area contributed by atoms with Crippen molar-refractivity contribution in [2.24, 2.45) is 5.10 Å². The third-order valence-corrected chi connectivity index (χ3v) is 3.04. The highest BCUT2D eigenvalue weighted by molar-refractivity contribution is 5.89. The highest BCUT2D eigenvalue weighted by Gasteiger charge is 2.08. The summed E-state index contributed by atoms with van der Waals surface area (Å²) in [7, 11) is 0. The Morgan fingerprint density at radius 1 is 1.19 bits per heavy atom. The maximum absolute atomic E-state index is 11.6. The third-order valence-electron chi connectivity index (χ3n) is 3.04. The maximum Gasteiger partial charge on any atom is 0.295 e. The van der Waals surface area contributed by atoms with Crippen molar-refractivity contribution in [3.63, 3.8) is 0 Å². The zero-order valence-electron chi connectivity index (χ0n) is 12.8. The van der Waals surface area contributed by atoms with Gasteiger partial charge in [-0.1, -0.05) is 12.1 Å². The molecule has 0 heterocycles. The second kappa shape index (κ2) is 8.86. The second-order valence-electron chi connectivity index (χ2n) is 4.73. The molecule has 0 radical (unpaired) electrons. The van der Waals surface area contributed by atoms with E-state index in [4.69, 9.17) is 0 Å². The summed E-state index contributed by atoms with van der Waals surface area (Å²) in [6.07, 6.45) is 1.58. The number of amides is 2. The molecule has 0 aliphatic rings. The number of carbonyl (C=O) groups is 2. The molecule has 0 saturated carbocycles. The maximum atomic E-state index is 11.6. The van der Waals surface area contributed by atoms with Crippen LogP contribution in [0.5, 0.6) is 0 Å². The number of hydrazone groups is 1. The standard InChI is InChI=1S/C15H22N4O2/c1-4-19(5-2)11-15(21)18-16-10-13-6-8-14(9-7-13)17-12(3)20/h6-10H,4-5,11H2,1-3H3,(H,17,20)(H,18,21)/p+1/b16-10-. The minimum absolute atomic E-state index is 0.0974. The summed E-state index contributed by atoms with van der Waals surface area (Å²) in [6, 6.07) is 7.20. The Balaban J connectivity index is 2.46. The fourth-order valence-corrected chi connectivity index (χ4v) is 1.80. The van der Waals surface area contributed by atoms with Gasteiger partial charge in [0.05, 0.1) is 19.3 Å². The van der Waals surface area contributed by atoms with Gasteiger partial charge in [-0.05, 0) is 31.5 Å². The van der Waals surface area contributed by atoms with Crippen LogP contribution in [-0.4, -0.2) is 37.7 Å². The van der Waals surface area contributed by atoms with Crippen molar-refractivity contribution in [3.8, 4) is 0 Å². The Hall–Kier alpha value is -2.21. The second-order valence-corrected chi connectivity index (χ2v) is 4.73. The lowest BCUT2D eigenvalue weighted by atomic mass is 10.2. The van der Waals surface area contributed by atoms with Crippen molar-refractivity contribution in [2.45, 2.75) is 20.8 Å². The quantitative estimate of drug-likeness (QED) is 0.489. The van der Waals surface area contributed by atoms with E-state index in [2.05, 4.69) is 15.8 Å². The first kappa shape index (κ1) is 16.8. The Morgan fingerprint density at radius 2 is 1.81 bits per heavy atom. The third kappa shape index (κ3) is 6.67. The van der Waals surface area contributed by atoms with Gasteiger partial charge in [0.1, 0.15) is 0 Å². The SMILES string of the molecule is CC[NH+](CC)CC(=O)N/N=C\c1ccc(NC(C)=O)cc1. The number of quaternary nitrogens is 1. The molecule has 1 aromatic rings. The predicted molar refractivity (Wildman–Crippen MR) is 83.4 cm³/mol. The normalized spacial score (nSPS) is 10.9. The van der Waals surface area contributed by atoms with Crippen molar-refractivity contribution in [1.82, 2.24) is 5.43 Å². The summed E-state index contributed by atoms with van der Waals surface area (Å²) < 4.78 is 0. The van der Waals surface area contributed by atoms with E-state index in [1.165, 1.54) is 11.8 Å². The predicted octanol–water partition coefficient (Wildman–Crippen LogP) is 0.0198. The van der Waals surface area contributed by atoms with Crippen LogP contribution in [0.4, 0.5) is 5.69 Å². The number of hydrogen-bond acceptors (Lipinski definition) is 3. The van der Waals surface area contributed by atoms with E-state index >= 15 is 0 Å². The van der Waals surface area contributed by atoms with E-state index < -0.39 is 0 Å².